The average molecular weight is 385 g/mol. The molecular formula is C21H17ClO5. The first-order chi connectivity index (χ1) is 12.6. The van der Waals surface area contributed by atoms with E-state index in [9.17, 15) is 9.59 Å². The highest BCUT2D eigenvalue weighted by Gasteiger charge is 2.08. The Morgan fingerprint density at radius 3 is 1.89 bits per heavy atom. The lowest BCUT2D eigenvalue weighted by atomic mass is 10.0. The molecule has 3 aromatic carbocycles. The van der Waals surface area contributed by atoms with Crippen LogP contribution in [0.1, 0.15) is 15.9 Å². The van der Waals surface area contributed by atoms with Gasteiger partial charge in [-0.3, -0.25) is 0 Å². The quantitative estimate of drug-likeness (QED) is 0.484. The summed E-state index contributed by atoms with van der Waals surface area (Å²) in [5.74, 6) is -0.594. The van der Waals surface area contributed by atoms with Gasteiger partial charge in [0.2, 0.25) is 0 Å². The standard InChI is InChI=1S/C21H16O5.ClH/c22-20(23)18-8-6-16(7-9-18)17-10-12-19(13-11-17)26-21(24)25-14-15-4-2-1-3-5-15;/h1-13H,14H2,(H,22,23);1H. The minimum Gasteiger partial charge on any atom is -0.478 e. The summed E-state index contributed by atoms with van der Waals surface area (Å²) in [6.45, 7) is 0.147. The van der Waals surface area contributed by atoms with Crippen LogP contribution in [-0.4, -0.2) is 17.2 Å². The second kappa shape index (κ2) is 9.40. The Kier molecular flexibility index (Phi) is 6.97. The van der Waals surface area contributed by atoms with Crippen LogP contribution in [0.4, 0.5) is 4.79 Å². The maximum Gasteiger partial charge on any atom is 0.514 e. The Bertz CT molecular complexity index is 890. The van der Waals surface area contributed by atoms with Gasteiger partial charge in [0.1, 0.15) is 12.4 Å². The van der Waals surface area contributed by atoms with Gasteiger partial charge in [-0.2, -0.15) is 0 Å². The minimum atomic E-state index is -0.964. The Labute approximate surface area is 162 Å². The van der Waals surface area contributed by atoms with Crippen molar-refractivity contribution in [2.45, 2.75) is 6.61 Å². The van der Waals surface area contributed by atoms with Gasteiger partial charge in [-0.05, 0) is 41.0 Å². The van der Waals surface area contributed by atoms with Gasteiger partial charge in [0.15, 0.2) is 0 Å². The molecule has 0 aromatic heterocycles. The maximum absolute atomic E-state index is 11.7. The van der Waals surface area contributed by atoms with Crippen LogP contribution in [0.2, 0.25) is 0 Å². The molecule has 0 unspecified atom stereocenters. The molecule has 27 heavy (non-hydrogen) atoms. The van der Waals surface area contributed by atoms with Crippen molar-refractivity contribution in [3.05, 3.63) is 90.0 Å². The van der Waals surface area contributed by atoms with E-state index >= 15 is 0 Å². The third kappa shape index (κ3) is 5.59. The Hall–Kier alpha value is -3.31. The summed E-state index contributed by atoms with van der Waals surface area (Å²) in [6.07, 6.45) is -0.771. The molecule has 0 aliphatic rings. The summed E-state index contributed by atoms with van der Waals surface area (Å²) in [5.41, 5.74) is 2.86. The molecule has 0 bridgehead atoms. The molecule has 0 saturated heterocycles. The maximum atomic E-state index is 11.7. The lowest BCUT2D eigenvalue weighted by Gasteiger charge is -2.07. The molecule has 1 N–H and O–H groups in total. The van der Waals surface area contributed by atoms with Gasteiger partial charge in [0.05, 0.1) is 5.56 Å². The summed E-state index contributed by atoms with van der Waals surface area (Å²) in [6, 6.07) is 22.8. The largest absolute Gasteiger partial charge is 0.514 e. The van der Waals surface area contributed by atoms with Gasteiger partial charge >= 0.3 is 12.1 Å². The van der Waals surface area contributed by atoms with E-state index in [2.05, 4.69) is 0 Å². The van der Waals surface area contributed by atoms with Crippen molar-refractivity contribution in [3.63, 3.8) is 0 Å². The van der Waals surface area contributed by atoms with E-state index < -0.39 is 12.1 Å². The van der Waals surface area contributed by atoms with Crippen molar-refractivity contribution in [3.8, 4) is 16.9 Å². The topological polar surface area (TPSA) is 72.8 Å². The number of ether oxygens (including phenoxy) is 2. The molecule has 0 aliphatic heterocycles. The van der Waals surface area contributed by atoms with Crippen molar-refractivity contribution in [1.29, 1.82) is 0 Å². The predicted octanol–water partition coefficient (Wildman–Crippen LogP) is 5.19. The fourth-order valence-electron chi connectivity index (χ4n) is 2.36. The number of hydrogen-bond donors (Lipinski definition) is 1. The molecule has 138 valence electrons. The van der Waals surface area contributed by atoms with Crippen LogP contribution in [-0.2, 0) is 11.3 Å². The molecule has 0 aliphatic carbocycles. The van der Waals surface area contributed by atoms with Gasteiger partial charge in [0, 0.05) is 0 Å². The third-order valence-electron chi connectivity index (χ3n) is 3.72. The van der Waals surface area contributed by atoms with E-state index in [0.717, 1.165) is 16.7 Å². The normalized spacial score (nSPS) is 9.78. The van der Waals surface area contributed by atoms with E-state index in [1.807, 2.05) is 30.3 Å². The van der Waals surface area contributed by atoms with Crippen molar-refractivity contribution >= 4 is 24.5 Å². The molecule has 3 aromatic rings. The van der Waals surface area contributed by atoms with E-state index in [1.54, 1.807) is 48.5 Å². The first kappa shape index (κ1) is 20.0. The Morgan fingerprint density at radius 1 is 0.778 bits per heavy atom. The van der Waals surface area contributed by atoms with Crippen LogP contribution < -0.4 is 4.74 Å². The predicted molar refractivity (Wildman–Crippen MR) is 103 cm³/mol. The van der Waals surface area contributed by atoms with Gasteiger partial charge in [-0.25, -0.2) is 9.59 Å². The van der Waals surface area contributed by atoms with Gasteiger partial charge < -0.3 is 14.6 Å². The summed E-state index contributed by atoms with van der Waals surface area (Å²) in [5, 5.41) is 8.92. The SMILES string of the molecule is Cl.O=C(OCc1ccccc1)Oc1ccc(-c2ccc(C(=O)O)cc2)cc1. The highest BCUT2D eigenvalue weighted by molar-refractivity contribution is 5.88. The minimum absolute atomic E-state index is 0. The molecule has 0 radical (unpaired) electrons. The molecular weight excluding hydrogens is 368 g/mol. The second-order valence-corrected chi connectivity index (χ2v) is 5.53. The van der Waals surface area contributed by atoms with E-state index in [0.29, 0.717) is 5.75 Å². The Morgan fingerprint density at radius 2 is 1.33 bits per heavy atom. The molecule has 5 nitrogen and oxygen atoms in total. The summed E-state index contributed by atoms with van der Waals surface area (Å²) in [4.78, 5) is 22.6. The van der Waals surface area contributed by atoms with Crippen molar-refractivity contribution < 1.29 is 24.2 Å². The van der Waals surface area contributed by atoms with Crippen molar-refractivity contribution in [1.82, 2.24) is 0 Å². The number of hydrogen-bond acceptors (Lipinski definition) is 4. The number of carbonyl (C=O) groups excluding carboxylic acids is 1. The molecule has 0 fully saturated rings. The van der Waals surface area contributed by atoms with Gasteiger partial charge in [0.25, 0.3) is 0 Å². The number of carboxylic acid groups (broad SMARTS) is 1. The monoisotopic (exact) mass is 384 g/mol. The van der Waals surface area contributed by atoms with E-state index in [4.69, 9.17) is 14.6 Å². The number of halogens is 1. The van der Waals surface area contributed by atoms with E-state index in [-0.39, 0.29) is 24.6 Å². The third-order valence-corrected chi connectivity index (χ3v) is 3.72. The zero-order chi connectivity index (χ0) is 18.4. The first-order valence-corrected chi connectivity index (χ1v) is 7.94. The van der Waals surface area contributed by atoms with Crippen LogP contribution in [0.5, 0.6) is 5.75 Å². The Balaban J connectivity index is 0.00000261. The van der Waals surface area contributed by atoms with Gasteiger partial charge in [-0.1, -0.05) is 54.6 Å². The zero-order valence-electron chi connectivity index (χ0n) is 14.2. The number of aromatic carboxylic acids is 1. The molecule has 0 atom stereocenters. The number of carboxylic acids is 1. The summed E-state index contributed by atoms with van der Waals surface area (Å²) >= 11 is 0. The highest BCUT2D eigenvalue weighted by atomic mass is 35.5. The van der Waals surface area contributed by atoms with Crippen LogP contribution in [0.25, 0.3) is 11.1 Å². The van der Waals surface area contributed by atoms with Gasteiger partial charge in [-0.15, -0.1) is 12.4 Å². The average Bonchev–Trinajstić information content (AvgIpc) is 2.68. The second-order valence-electron chi connectivity index (χ2n) is 5.53. The molecule has 0 saturated carbocycles. The number of rotatable bonds is 5. The zero-order valence-corrected chi connectivity index (χ0v) is 15.0. The van der Waals surface area contributed by atoms with Crippen molar-refractivity contribution in [2.75, 3.05) is 0 Å². The number of benzene rings is 3. The van der Waals surface area contributed by atoms with Crippen LogP contribution >= 0.6 is 12.4 Å². The molecule has 0 amide bonds. The summed E-state index contributed by atoms with van der Waals surface area (Å²) < 4.78 is 10.2. The lowest BCUT2D eigenvalue weighted by Crippen LogP contribution is -2.10. The number of carbonyl (C=O) groups is 2. The molecule has 6 heteroatoms. The first-order valence-electron chi connectivity index (χ1n) is 7.94. The van der Waals surface area contributed by atoms with Crippen molar-refractivity contribution in [2.24, 2.45) is 0 Å². The van der Waals surface area contributed by atoms with Crippen LogP contribution in [0.15, 0.2) is 78.9 Å². The fraction of sp³-hybridized carbons (Fsp3) is 0.0476. The van der Waals surface area contributed by atoms with E-state index in [1.165, 1.54) is 0 Å². The van der Waals surface area contributed by atoms with Crippen LogP contribution in [0.3, 0.4) is 0 Å². The summed E-state index contributed by atoms with van der Waals surface area (Å²) in [7, 11) is 0. The fourth-order valence-corrected chi connectivity index (χ4v) is 2.36. The highest BCUT2D eigenvalue weighted by Crippen LogP contribution is 2.23. The molecule has 3 rings (SSSR count). The smallest absolute Gasteiger partial charge is 0.478 e. The van der Waals surface area contributed by atoms with Crippen LogP contribution in [0, 0.1) is 0 Å². The molecule has 0 spiro atoms. The molecule has 0 heterocycles. The lowest BCUT2D eigenvalue weighted by molar-refractivity contribution is 0.0696.